The number of carbonyl (C=O) groups excluding carboxylic acids is 1. The summed E-state index contributed by atoms with van der Waals surface area (Å²) in [6, 6.07) is 9.22. The predicted octanol–water partition coefficient (Wildman–Crippen LogP) is 2.14. The van der Waals surface area contributed by atoms with Crippen molar-refractivity contribution in [1.29, 1.82) is 0 Å². The molecule has 0 radical (unpaired) electrons. The van der Waals surface area contributed by atoms with E-state index >= 15 is 0 Å². The molecule has 2 aromatic heterocycles. The molecule has 128 valence electrons. The highest BCUT2D eigenvalue weighted by atomic mass is 16.6. The van der Waals surface area contributed by atoms with Gasteiger partial charge >= 0.3 is 5.69 Å². The van der Waals surface area contributed by atoms with Crippen LogP contribution in [0.5, 0.6) is 5.75 Å². The summed E-state index contributed by atoms with van der Waals surface area (Å²) in [7, 11) is 0. The number of aromatic nitrogens is 3. The third-order valence-corrected chi connectivity index (χ3v) is 3.25. The summed E-state index contributed by atoms with van der Waals surface area (Å²) >= 11 is 0. The Hall–Kier alpha value is -3.69. The largest absolute Gasteiger partial charge is 0.486 e. The van der Waals surface area contributed by atoms with Crippen molar-refractivity contribution in [1.82, 2.24) is 14.8 Å². The van der Waals surface area contributed by atoms with Crippen molar-refractivity contribution < 1.29 is 18.9 Å². The number of anilines is 1. The van der Waals surface area contributed by atoms with Gasteiger partial charge in [-0.3, -0.25) is 14.9 Å². The van der Waals surface area contributed by atoms with Crippen LogP contribution in [0.15, 0.2) is 47.1 Å². The summed E-state index contributed by atoms with van der Waals surface area (Å²) in [5.74, 6) is 0.122. The Morgan fingerprint density at radius 3 is 2.84 bits per heavy atom. The number of ether oxygens (including phenoxy) is 1. The van der Waals surface area contributed by atoms with E-state index in [0.29, 0.717) is 5.76 Å². The van der Waals surface area contributed by atoms with Crippen LogP contribution in [-0.4, -0.2) is 32.2 Å². The fraction of sp³-hybridized carbons (Fsp3) is 0.133. The second-order valence-electron chi connectivity index (χ2n) is 4.90. The van der Waals surface area contributed by atoms with Gasteiger partial charge in [-0.2, -0.15) is 9.67 Å². The lowest BCUT2D eigenvalue weighted by atomic mass is 10.3. The number of furan rings is 1. The Balaban J connectivity index is 1.65. The highest BCUT2D eigenvalue weighted by Gasteiger charge is 2.18. The van der Waals surface area contributed by atoms with Gasteiger partial charge in [0.15, 0.2) is 11.5 Å². The third kappa shape index (κ3) is 3.47. The first-order chi connectivity index (χ1) is 12.1. The molecule has 3 rings (SSSR count). The van der Waals surface area contributed by atoms with Crippen LogP contribution >= 0.6 is 0 Å². The van der Waals surface area contributed by atoms with E-state index in [2.05, 4.69) is 10.1 Å². The number of nitrogens with two attached hydrogens (primary N) is 1. The van der Waals surface area contributed by atoms with E-state index in [-0.39, 0.29) is 36.2 Å². The zero-order chi connectivity index (χ0) is 17.8. The van der Waals surface area contributed by atoms with Gasteiger partial charge in [0.2, 0.25) is 11.8 Å². The average molecular weight is 343 g/mol. The summed E-state index contributed by atoms with van der Waals surface area (Å²) in [4.78, 5) is 26.5. The van der Waals surface area contributed by atoms with Crippen LogP contribution in [0.3, 0.4) is 0 Å². The molecule has 0 amide bonds. The molecular formula is C15H13N5O5. The van der Waals surface area contributed by atoms with Crippen molar-refractivity contribution >= 4 is 17.5 Å². The lowest BCUT2D eigenvalue weighted by molar-refractivity contribution is -0.385. The SMILES string of the molecule is Nc1nc(-c2ccco2)nn1C(=O)CCOc1ccccc1[N+](=O)[O-]. The molecule has 0 fully saturated rings. The van der Waals surface area contributed by atoms with Crippen LogP contribution in [0.4, 0.5) is 11.6 Å². The molecule has 0 aliphatic rings. The molecule has 2 heterocycles. The molecule has 2 N–H and O–H groups in total. The minimum atomic E-state index is -0.553. The fourth-order valence-corrected chi connectivity index (χ4v) is 2.10. The number of para-hydroxylation sites is 2. The maximum atomic E-state index is 12.2. The number of carbonyl (C=O) groups is 1. The van der Waals surface area contributed by atoms with Gasteiger partial charge in [0.05, 0.1) is 24.2 Å². The topological polar surface area (TPSA) is 139 Å². The maximum Gasteiger partial charge on any atom is 0.310 e. The number of nitro benzene ring substituents is 1. The van der Waals surface area contributed by atoms with Crippen molar-refractivity contribution in [3.8, 4) is 17.3 Å². The Morgan fingerprint density at radius 1 is 1.32 bits per heavy atom. The van der Waals surface area contributed by atoms with Gasteiger partial charge in [-0.05, 0) is 18.2 Å². The molecule has 0 spiro atoms. The zero-order valence-corrected chi connectivity index (χ0v) is 12.9. The molecule has 0 saturated heterocycles. The molecule has 10 heteroatoms. The smallest absolute Gasteiger partial charge is 0.310 e. The van der Waals surface area contributed by atoms with Crippen molar-refractivity contribution in [3.05, 3.63) is 52.8 Å². The second kappa shape index (κ2) is 6.83. The molecule has 0 atom stereocenters. The Bertz CT molecular complexity index is 903. The minimum Gasteiger partial charge on any atom is -0.486 e. The average Bonchev–Trinajstić information content (AvgIpc) is 3.24. The molecule has 0 aliphatic carbocycles. The molecular weight excluding hydrogens is 330 g/mol. The summed E-state index contributed by atoms with van der Waals surface area (Å²) in [5.41, 5.74) is 5.52. The summed E-state index contributed by atoms with van der Waals surface area (Å²) in [6.07, 6.45) is 1.37. The maximum absolute atomic E-state index is 12.2. The first kappa shape index (κ1) is 16.2. The standard InChI is InChI=1S/C15H13N5O5/c16-15-17-14(12-6-3-8-24-12)18-19(15)13(21)7-9-25-11-5-2-1-4-10(11)20(22)23/h1-6,8H,7,9H2,(H2,16,17,18). The third-order valence-electron chi connectivity index (χ3n) is 3.25. The van der Waals surface area contributed by atoms with E-state index in [0.717, 1.165) is 4.68 Å². The quantitative estimate of drug-likeness (QED) is 0.530. The number of hydrogen-bond donors (Lipinski definition) is 1. The van der Waals surface area contributed by atoms with Gasteiger partial charge in [-0.1, -0.05) is 12.1 Å². The van der Waals surface area contributed by atoms with E-state index < -0.39 is 10.8 Å². The number of nitrogen functional groups attached to an aromatic ring is 1. The highest BCUT2D eigenvalue weighted by molar-refractivity contribution is 5.81. The molecule has 10 nitrogen and oxygen atoms in total. The van der Waals surface area contributed by atoms with Gasteiger partial charge in [0, 0.05) is 6.07 Å². The molecule has 0 saturated carbocycles. The predicted molar refractivity (Wildman–Crippen MR) is 86.0 cm³/mol. The van der Waals surface area contributed by atoms with E-state index in [4.69, 9.17) is 14.9 Å². The van der Waals surface area contributed by atoms with Crippen LogP contribution < -0.4 is 10.5 Å². The Labute approximate surface area is 141 Å². The number of nitrogens with zero attached hydrogens (tertiary/aromatic N) is 4. The van der Waals surface area contributed by atoms with Gasteiger partial charge in [0.1, 0.15) is 0 Å². The van der Waals surface area contributed by atoms with Crippen LogP contribution in [0.2, 0.25) is 0 Å². The number of rotatable bonds is 6. The van der Waals surface area contributed by atoms with Crippen molar-refractivity contribution in [3.63, 3.8) is 0 Å². The van der Waals surface area contributed by atoms with E-state index in [1.54, 1.807) is 18.2 Å². The summed E-state index contributed by atoms with van der Waals surface area (Å²) < 4.78 is 11.4. The molecule has 0 unspecified atom stereocenters. The molecule has 25 heavy (non-hydrogen) atoms. The van der Waals surface area contributed by atoms with Crippen molar-refractivity contribution in [2.75, 3.05) is 12.3 Å². The summed E-state index contributed by atoms with van der Waals surface area (Å²) in [6.45, 7) is -0.0704. The van der Waals surface area contributed by atoms with E-state index in [1.165, 1.54) is 24.5 Å². The van der Waals surface area contributed by atoms with Crippen LogP contribution in [0.25, 0.3) is 11.6 Å². The van der Waals surface area contributed by atoms with Gasteiger partial charge in [0.25, 0.3) is 5.91 Å². The zero-order valence-electron chi connectivity index (χ0n) is 12.9. The molecule has 0 aliphatic heterocycles. The lowest BCUT2D eigenvalue weighted by Gasteiger charge is -2.06. The van der Waals surface area contributed by atoms with E-state index in [9.17, 15) is 14.9 Å². The van der Waals surface area contributed by atoms with Crippen LogP contribution in [0.1, 0.15) is 11.2 Å². The second-order valence-corrected chi connectivity index (χ2v) is 4.90. The fourth-order valence-electron chi connectivity index (χ4n) is 2.10. The first-order valence-electron chi connectivity index (χ1n) is 7.22. The normalized spacial score (nSPS) is 10.6. The van der Waals surface area contributed by atoms with Gasteiger partial charge in [-0.15, -0.1) is 5.10 Å². The molecule has 1 aromatic carbocycles. The van der Waals surface area contributed by atoms with Gasteiger partial charge < -0.3 is 14.9 Å². The first-order valence-corrected chi connectivity index (χ1v) is 7.22. The molecule has 0 bridgehead atoms. The molecule has 3 aromatic rings. The monoisotopic (exact) mass is 343 g/mol. The van der Waals surface area contributed by atoms with E-state index in [1.807, 2.05) is 0 Å². The summed E-state index contributed by atoms with van der Waals surface area (Å²) in [5, 5.41) is 14.9. The number of benzene rings is 1. The lowest BCUT2D eigenvalue weighted by Crippen LogP contribution is -2.18. The highest BCUT2D eigenvalue weighted by Crippen LogP contribution is 2.26. The number of nitro groups is 1. The van der Waals surface area contributed by atoms with Crippen molar-refractivity contribution in [2.24, 2.45) is 0 Å². The number of hydrogen-bond acceptors (Lipinski definition) is 8. The van der Waals surface area contributed by atoms with Crippen LogP contribution in [0, 0.1) is 10.1 Å². The van der Waals surface area contributed by atoms with Gasteiger partial charge in [-0.25, -0.2) is 0 Å². The minimum absolute atomic E-state index is 0.0704. The van der Waals surface area contributed by atoms with Crippen LogP contribution in [-0.2, 0) is 0 Å². The van der Waals surface area contributed by atoms with Crippen molar-refractivity contribution in [2.45, 2.75) is 6.42 Å². The Kier molecular flexibility index (Phi) is 4.42. The Morgan fingerprint density at radius 2 is 2.12 bits per heavy atom.